The normalized spacial score (nSPS) is 10.0. The maximum absolute atomic E-state index is 13.3. The van der Waals surface area contributed by atoms with E-state index in [0.717, 1.165) is 11.8 Å². The van der Waals surface area contributed by atoms with Crippen molar-refractivity contribution < 1.29 is 18.7 Å². The van der Waals surface area contributed by atoms with Crippen molar-refractivity contribution in [1.29, 1.82) is 0 Å². The quantitative estimate of drug-likeness (QED) is 0.512. The number of carbonyl (C=O) groups excluding carboxylic acids is 2. The number of halogens is 1. The van der Waals surface area contributed by atoms with Gasteiger partial charge in [0.1, 0.15) is 5.82 Å². The highest BCUT2D eigenvalue weighted by molar-refractivity contribution is 7.99. The summed E-state index contributed by atoms with van der Waals surface area (Å²) in [6, 6.07) is 9.56. The zero-order valence-electron chi connectivity index (χ0n) is 11.3. The van der Waals surface area contributed by atoms with Crippen LogP contribution in [-0.4, -0.2) is 17.7 Å². The maximum atomic E-state index is 13.3. The number of nitrogens with one attached hydrogen (secondary N) is 2. The highest BCUT2D eigenvalue weighted by Gasteiger charge is 2.12. The van der Waals surface area contributed by atoms with Crippen molar-refractivity contribution in [1.82, 2.24) is 5.32 Å². The second-order valence-corrected chi connectivity index (χ2v) is 5.13. The van der Waals surface area contributed by atoms with Gasteiger partial charge in [-0.1, -0.05) is 12.1 Å². The van der Waals surface area contributed by atoms with Gasteiger partial charge in [0.05, 0.1) is 11.4 Å². The molecule has 8 heteroatoms. The number of carbonyl (C=O) groups is 2. The van der Waals surface area contributed by atoms with Crippen LogP contribution in [0.4, 0.5) is 14.9 Å². The number of rotatable bonds is 4. The fourth-order valence-electron chi connectivity index (χ4n) is 1.54. The molecule has 0 fully saturated rings. The van der Waals surface area contributed by atoms with E-state index in [4.69, 9.17) is 0 Å². The van der Waals surface area contributed by atoms with Gasteiger partial charge in [-0.2, -0.15) is 4.73 Å². The van der Waals surface area contributed by atoms with Crippen LogP contribution in [0, 0.1) is 11.0 Å². The first-order valence-electron chi connectivity index (χ1n) is 6.22. The molecule has 22 heavy (non-hydrogen) atoms. The Labute approximate surface area is 129 Å². The van der Waals surface area contributed by atoms with Crippen LogP contribution in [0.2, 0.25) is 0 Å². The average Bonchev–Trinajstić information content (AvgIpc) is 2.49. The third-order valence-electron chi connectivity index (χ3n) is 2.51. The molecule has 114 valence electrons. The fraction of sp³-hybridized carbons (Fsp3) is 0.0714. The lowest BCUT2D eigenvalue weighted by Gasteiger charge is -2.07. The van der Waals surface area contributed by atoms with Crippen molar-refractivity contribution in [3.05, 3.63) is 59.7 Å². The summed E-state index contributed by atoms with van der Waals surface area (Å²) in [5.74, 6) is -1.31. The zero-order chi connectivity index (χ0) is 15.9. The molecule has 0 spiro atoms. The molecule has 2 aromatic rings. The molecule has 0 radical (unpaired) electrons. The molecule has 0 bridgehead atoms. The van der Waals surface area contributed by atoms with Crippen molar-refractivity contribution in [3.63, 3.8) is 0 Å². The maximum Gasteiger partial charge on any atom is 0.325 e. The Morgan fingerprint density at radius 2 is 1.91 bits per heavy atom. The molecule has 6 nitrogen and oxygen atoms in total. The van der Waals surface area contributed by atoms with Gasteiger partial charge in [0.25, 0.3) is 5.03 Å². The first-order valence-corrected chi connectivity index (χ1v) is 7.21. The third-order valence-corrected chi connectivity index (χ3v) is 3.53. The largest absolute Gasteiger partial charge is 0.618 e. The van der Waals surface area contributed by atoms with E-state index in [0.29, 0.717) is 9.76 Å². The molecule has 1 aromatic carbocycles. The smallest absolute Gasteiger partial charge is 0.325 e. The van der Waals surface area contributed by atoms with Gasteiger partial charge in [0.15, 0.2) is 6.20 Å². The van der Waals surface area contributed by atoms with Crippen LogP contribution in [0.15, 0.2) is 53.7 Å². The summed E-state index contributed by atoms with van der Waals surface area (Å²) < 4.78 is 14.0. The Hall–Kier alpha value is -2.61. The standard InChI is InChI=1S/C14H12FN3O3S/c15-10-5-1-2-6-11(10)16-14(20)17-12(19)9-22-13-7-3-4-8-18(13)21/h1-8H,9H2,(H2,16,17,19,20). The third kappa shape index (κ3) is 4.45. The average molecular weight is 321 g/mol. The van der Waals surface area contributed by atoms with Crippen molar-refractivity contribution >= 4 is 29.4 Å². The number of benzene rings is 1. The molecule has 1 aromatic heterocycles. The van der Waals surface area contributed by atoms with Gasteiger partial charge in [-0.3, -0.25) is 10.1 Å². The lowest BCUT2D eigenvalue weighted by molar-refractivity contribution is -0.645. The molecule has 0 saturated heterocycles. The molecule has 0 aliphatic rings. The zero-order valence-corrected chi connectivity index (χ0v) is 12.1. The molecule has 0 unspecified atom stereocenters. The molecule has 3 amide bonds. The molecule has 0 aliphatic heterocycles. The second kappa shape index (κ2) is 7.41. The van der Waals surface area contributed by atoms with Crippen LogP contribution in [0.3, 0.4) is 0 Å². The molecule has 1 heterocycles. The van der Waals surface area contributed by atoms with E-state index in [2.05, 4.69) is 10.6 Å². The summed E-state index contributed by atoms with van der Waals surface area (Å²) >= 11 is 0.991. The number of para-hydroxylation sites is 1. The van der Waals surface area contributed by atoms with Crippen LogP contribution >= 0.6 is 11.8 Å². The minimum absolute atomic E-state index is 0.0269. The van der Waals surface area contributed by atoms with E-state index in [1.165, 1.54) is 24.4 Å². The number of imide groups is 1. The van der Waals surface area contributed by atoms with E-state index in [-0.39, 0.29) is 11.4 Å². The monoisotopic (exact) mass is 321 g/mol. The Balaban J connectivity index is 1.83. The number of aromatic nitrogens is 1. The van der Waals surface area contributed by atoms with Gasteiger partial charge in [-0.15, -0.1) is 0 Å². The van der Waals surface area contributed by atoms with Crippen molar-refractivity contribution in [2.75, 3.05) is 11.1 Å². The minimum atomic E-state index is -0.834. The number of anilines is 1. The summed E-state index contributed by atoms with van der Waals surface area (Å²) in [7, 11) is 0. The first-order chi connectivity index (χ1) is 10.6. The molecule has 2 N–H and O–H groups in total. The lowest BCUT2D eigenvalue weighted by atomic mass is 10.3. The number of nitrogens with zero attached hydrogens (tertiary/aromatic N) is 1. The van der Waals surface area contributed by atoms with Crippen molar-refractivity contribution in [2.45, 2.75) is 5.03 Å². The van der Waals surface area contributed by atoms with Crippen molar-refractivity contribution in [3.8, 4) is 0 Å². The van der Waals surface area contributed by atoms with Crippen LogP contribution in [0.25, 0.3) is 0 Å². The number of thioether (sulfide) groups is 1. The highest BCUT2D eigenvalue weighted by atomic mass is 32.2. The number of urea groups is 1. The predicted molar refractivity (Wildman–Crippen MR) is 79.7 cm³/mol. The van der Waals surface area contributed by atoms with Gasteiger partial charge in [-0.25, -0.2) is 9.18 Å². The van der Waals surface area contributed by atoms with E-state index in [9.17, 15) is 19.2 Å². The molecule has 2 rings (SSSR count). The Morgan fingerprint density at radius 1 is 1.18 bits per heavy atom. The summed E-state index contributed by atoms with van der Waals surface area (Å²) in [6.45, 7) is 0. The Bertz CT molecular complexity index is 697. The summed E-state index contributed by atoms with van der Waals surface area (Å²) in [5, 5.41) is 16.0. The van der Waals surface area contributed by atoms with Crippen LogP contribution < -0.4 is 15.4 Å². The van der Waals surface area contributed by atoms with E-state index in [1.54, 1.807) is 24.3 Å². The van der Waals surface area contributed by atoms with E-state index < -0.39 is 17.8 Å². The van der Waals surface area contributed by atoms with E-state index >= 15 is 0 Å². The fourth-order valence-corrected chi connectivity index (χ4v) is 2.26. The van der Waals surface area contributed by atoms with Gasteiger partial charge < -0.3 is 10.5 Å². The molecule has 0 saturated carbocycles. The summed E-state index contributed by atoms with van der Waals surface area (Å²) in [5.41, 5.74) is -0.0269. The van der Waals surface area contributed by atoms with Crippen molar-refractivity contribution in [2.24, 2.45) is 0 Å². The predicted octanol–water partition coefficient (Wildman–Crippen LogP) is 1.90. The second-order valence-electron chi connectivity index (χ2n) is 4.14. The SMILES string of the molecule is O=C(CSc1cccc[n+]1[O-])NC(=O)Nc1ccccc1F. The molecular formula is C14H12FN3O3S. The first kappa shape index (κ1) is 15.8. The van der Waals surface area contributed by atoms with Gasteiger partial charge in [0, 0.05) is 12.1 Å². The summed E-state index contributed by atoms with van der Waals surface area (Å²) in [4.78, 5) is 23.2. The number of pyridine rings is 1. The van der Waals surface area contributed by atoms with Gasteiger partial charge in [0.2, 0.25) is 5.91 Å². The van der Waals surface area contributed by atoms with Crippen LogP contribution in [-0.2, 0) is 4.79 Å². The lowest BCUT2D eigenvalue weighted by Crippen LogP contribution is -2.36. The highest BCUT2D eigenvalue weighted by Crippen LogP contribution is 2.13. The number of hydrogen-bond donors (Lipinski definition) is 2. The van der Waals surface area contributed by atoms with Gasteiger partial charge in [-0.05, 0) is 30.0 Å². The Kier molecular flexibility index (Phi) is 5.31. The van der Waals surface area contributed by atoms with Crippen LogP contribution in [0.1, 0.15) is 0 Å². The minimum Gasteiger partial charge on any atom is -0.618 e. The number of amides is 3. The van der Waals surface area contributed by atoms with Crippen LogP contribution in [0.5, 0.6) is 0 Å². The molecule has 0 aliphatic carbocycles. The summed E-state index contributed by atoms with van der Waals surface area (Å²) in [6.07, 6.45) is 1.31. The molecule has 0 atom stereocenters. The molecular weight excluding hydrogens is 309 g/mol. The Morgan fingerprint density at radius 3 is 2.64 bits per heavy atom. The van der Waals surface area contributed by atoms with E-state index in [1.807, 2.05) is 0 Å². The number of hydrogen-bond acceptors (Lipinski definition) is 4. The van der Waals surface area contributed by atoms with Gasteiger partial charge >= 0.3 is 6.03 Å². The topological polar surface area (TPSA) is 85.1 Å².